The molecule has 1 saturated heterocycles. The number of sulfonamides is 1. The molecule has 118 valence electrons. The summed E-state index contributed by atoms with van der Waals surface area (Å²) in [7, 11) is -1.99. The van der Waals surface area contributed by atoms with Gasteiger partial charge in [0.25, 0.3) is 0 Å². The number of nitrogens with zero attached hydrogens (tertiary/aromatic N) is 1. The number of methoxy groups -OCH3 is 1. The average molecular weight is 377 g/mol. The van der Waals surface area contributed by atoms with E-state index in [1.54, 1.807) is 29.6 Å². The van der Waals surface area contributed by atoms with Crippen molar-refractivity contribution in [3.05, 3.63) is 22.7 Å². The zero-order valence-corrected chi connectivity index (χ0v) is 14.7. The highest BCUT2D eigenvalue weighted by molar-refractivity contribution is 9.10. The van der Waals surface area contributed by atoms with E-state index in [4.69, 9.17) is 10.5 Å². The molecule has 1 heterocycles. The number of rotatable bonds is 4. The lowest BCUT2D eigenvalue weighted by Gasteiger charge is -2.38. The van der Waals surface area contributed by atoms with Crippen LogP contribution in [0.3, 0.4) is 0 Å². The highest BCUT2D eigenvalue weighted by Crippen LogP contribution is 2.32. The second kappa shape index (κ2) is 6.64. The highest BCUT2D eigenvalue weighted by atomic mass is 79.9. The third-order valence-electron chi connectivity index (χ3n) is 4.04. The smallest absolute Gasteiger partial charge is 0.243 e. The number of benzene rings is 1. The number of nitrogens with two attached hydrogens (primary N) is 1. The molecule has 21 heavy (non-hydrogen) atoms. The summed E-state index contributed by atoms with van der Waals surface area (Å²) in [6, 6.07) is 4.68. The van der Waals surface area contributed by atoms with E-state index in [0.29, 0.717) is 23.3 Å². The molecule has 2 N–H and O–H groups in total. The van der Waals surface area contributed by atoms with Gasteiger partial charge < -0.3 is 10.5 Å². The molecule has 2 atom stereocenters. The van der Waals surface area contributed by atoms with E-state index in [0.717, 1.165) is 12.8 Å². The maximum absolute atomic E-state index is 12.9. The van der Waals surface area contributed by atoms with Crippen molar-refractivity contribution >= 4 is 26.0 Å². The Balaban J connectivity index is 2.38. The topological polar surface area (TPSA) is 72.6 Å². The van der Waals surface area contributed by atoms with E-state index in [2.05, 4.69) is 22.9 Å². The first-order chi connectivity index (χ1) is 9.91. The molecule has 2 rings (SSSR count). The number of ether oxygens (including phenoxy) is 1. The van der Waals surface area contributed by atoms with E-state index < -0.39 is 10.0 Å². The van der Waals surface area contributed by atoms with Crippen LogP contribution in [0.2, 0.25) is 0 Å². The first kappa shape index (κ1) is 16.7. The Morgan fingerprint density at radius 3 is 2.76 bits per heavy atom. The molecule has 7 heteroatoms. The maximum Gasteiger partial charge on any atom is 0.243 e. The SMILES string of the molecule is COc1ccc(S(=O)(=O)N2CCCC(C)C2CN)cc1Br. The summed E-state index contributed by atoms with van der Waals surface area (Å²) in [5, 5.41) is 0. The van der Waals surface area contributed by atoms with Gasteiger partial charge in [-0.2, -0.15) is 4.31 Å². The summed E-state index contributed by atoms with van der Waals surface area (Å²) >= 11 is 3.34. The zero-order chi connectivity index (χ0) is 15.6. The molecule has 0 aliphatic carbocycles. The van der Waals surface area contributed by atoms with Crippen molar-refractivity contribution in [3.63, 3.8) is 0 Å². The van der Waals surface area contributed by atoms with Crippen LogP contribution in [-0.4, -0.2) is 39.0 Å². The molecule has 5 nitrogen and oxygen atoms in total. The number of piperidine rings is 1. The summed E-state index contributed by atoms with van der Waals surface area (Å²) in [6.07, 6.45) is 1.88. The van der Waals surface area contributed by atoms with Crippen LogP contribution in [0.15, 0.2) is 27.6 Å². The largest absolute Gasteiger partial charge is 0.496 e. The molecule has 1 aliphatic rings. The molecule has 1 fully saturated rings. The molecule has 0 radical (unpaired) electrons. The zero-order valence-electron chi connectivity index (χ0n) is 12.3. The van der Waals surface area contributed by atoms with Crippen LogP contribution in [0.4, 0.5) is 0 Å². The molecule has 0 aromatic heterocycles. The monoisotopic (exact) mass is 376 g/mol. The predicted octanol–water partition coefficient (Wildman–Crippen LogP) is 2.21. The minimum absolute atomic E-state index is 0.135. The summed E-state index contributed by atoms with van der Waals surface area (Å²) < 4.78 is 33.0. The van der Waals surface area contributed by atoms with Crippen LogP contribution >= 0.6 is 15.9 Å². The third-order valence-corrected chi connectivity index (χ3v) is 6.58. The Kier molecular flexibility index (Phi) is 5.29. The van der Waals surface area contributed by atoms with Gasteiger partial charge >= 0.3 is 0 Å². The van der Waals surface area contributed by atoms with E-state index in [1.165, 1.54) is 0 Å². The number of hydrogen-bond acceptors (Lipinski definition) is 4. The van der Waals surface area contributed by atoms with Crippen molar-refractivity contribution in [2.75, 3.05) is 20.2 Å². The second-order valence-electron chi connectivity index (χ2n) is 5.33. The van der Waals surface area contributed by atoms with E-state index in [9.17, 15) is 8.42 Å². The molecule has 1 aliphatic heterocycles. The van der Waals surface area contributed by atoms with Crippen LogP contribution < -0.4 is 10.5 Å². The van der Waals surface area contributed by atoms with Crippen LogP contribution in [0, 0.1) is 5.92 Å². The number of hydrogen-bond donors (Lipinski definition) is 1. The van der Waals surface area contributed by atoms with Gasteiger partial charge in [0.15, 0.2) is 0 Å². The fourth-order valence-electron chi connectivity index (χ4n) is 2.80. The summed E-state index contributed by atoms with van der Waals surface area (Å²) in [5.41, 5.74) is 5.80. The van der Waals surface area contributed by atoms with Crippen molar-refractivity contribution in [2.24, 2.45) is 11.7 Å². The lowest BCUT2D eigenvalue weighted by Crippen LogP contribution is -2.51. The van der Waals surface area contributed by atoms with Gasteiger partial charge in [-0.15, -0.1) is 0 Å². The van der Waals surface area contributed by atoms with Gasteiger partial charge in [0.05, 0.1) is 16.5 Å². The van der Waals surface area contributed by atoms with Crippen molar-refractivity contribution in [1.29, 1.82) is 0 Å². The Morgan fingerprint density at radius 2 is 2.19 bits per heavy atom. The summed E-state index contributed by atoms with van der Waals surface area (Å²) in [6.45, 7) is 2.93. The van der Waals surface area contributed by atoms with Gasteiger partial charge in [-0.1, -0.05) is 6.92 Å². The van der Waals surface area contributed by atoms with Crippen LogP contribution in [-0.2, 0) is 10.0 Å². The molecule has 0 bridgehead atoms. The molecular formula is C14H21BrN2O3S. The molecular weight excluding hydrogens is 356 g/mol. The number of halogens is 1. The Labute approximate surface area is 134 Å². The maximum atomic E-state index is 12.9. The third kappa shape index (κ3) is 3.26. The molecule has 0 amide bonds. The van der Waals surface area contributed by atoms with Crippen molar-refractivity contribution in [3.8, 4) is 5.75 Å². The molecule has 1 aromatic rings. The minimum atomic E-state index is -3.54. The van der Waals surface area contributed by atoms with Gasteiger partial charge in [-0.3, -0.25) is 0 Å². The van der Waals surface area contributed by atoms with Crippen molar-refractivity contribution in [2.45, 2.75) is 30.7 Å². The summed E-state index contributed by atoms with van der Waals surface area (Å²) in [4.78, 5) is 0.266. The fraction of sp³-hybridized carbons (Fsp3) is 0.571. The van der Waals surface area contributed by atoms with E-state index in [-0.39, 0.29) is 16.9 Å². The molecule has 2 unspecified atom stereocenters. The normalized spacial score (nSPS) is 24.0. The molecule has 1 aromatic carbocycles. The predicted molar refractivity (Wildman–Crippen MR) is 85.8 cm³/mol. The minimum Gasteiger partial charge on any atom is -0.496 e. The first-order valence-corrected chi connectivity index (χ1v) is 9.20. The van der Waals surface area contributed by atoms with Crippen LogP contribution in [0.25, 0.3) is 0 Å². The summed E-state index contributed by atoms with van der Waals surface area (Å²) in [5.74, 6) is 0.886. The van der Waals surface area contributed by atoms with Gasteiger partial charge in [-0.25, -0.2) is 8.42 Å². The lowest BCUT2D eigenvalue weighted by molar-refractivity contribution is 0.192. The van der Waals surface area contributed by atoms with Gasteiger partial charge in [0, 0.05) is 19.1 Å². The highest BCUT2D eigenvalue weighted by Gasteiger charge is 2.36. The Morgan fingerprint density at radius 1 is 1.48 bits per heavy atom. The van der Waals surface area contributed by atoms with Crippen LogP contribution in [0.5, 0.6) is 5.75 Å². The molecule has 0 saturated carbocycles. The van der Waals surface area contributed by atoms with Crippen molar-refractivity contribution < 1.29 is 13.2 Å². The molecule has 0 spiro atoms. The quantitative estimate of drug-likeness (QED) is 0.873. The van der Waals surface area contributed by atoms with Crippen LogP contribution in [0.1, 0.15) is 19.8 Å². The first-order valence-electron chi connectivity index (χ1n) is 6.97. The fourth-order valence-corrected chi connectivity index (χ4v) is 5.29. The van der Waals surface area contributed by atoms with Gasteiger partial charge in [0.1, 0.15) is 5.75 Å². The second-order valence-corrected chi connectivity index (χ2v) is 8.08. The van der Waals surface area contributed by atoms with Crippen molar-refractivity contribution in [1.82, 2.24) is 4.31 Å². The average Bonchev–Trinajstić information content (AvgIpc) is 2.46. The Bertz CT molecular complexity index is 606. The lowest BCUT2D eigenvalue weighted by atomic mass is 9.93. The van der Waals surface area contributed by atoms with E-state index in [1.807, 2.05) is 0 Å². The Hall–Kier alpha value is -0.630. The van der Waals surface area contributed by atoms with Gasteiger partial charge in [-0.05, 0) is 52.9 Å². The van der Waals surface area contributed by atoms with Gasteiger partial charge in [0.2, 0.25) is 10.0 Å². The standard InChI is InChI=1S/C14H21BrN2O3S/c1-10-4-3-7-17(13(10)9-16)21(18,19)11-5-6-14(20-2)12(15)8-11/h5-6,8,10,13H,3-4,7,9,16H2,1-2H3. The van der Waals surface area contributed by atoms with E-state index >= 15 is 0 Å².